The Morgan fingerprint density at radius 3 is 2.71 bits per heavy atom. The summed E-state index contributed by atoms with van der Waals surface area (Å²) in [5.41, 5.74) is 1.96. The van der Waals surface area contributed by atoms with E-state index in [1.54, 1.807) is 11.6 Å². The molecule has 2 aromatic heterocycles. The van der Waals surface area contributed by atoms with Crippen molar-refractivity contribution in [3.05, 3.63) is 64.0 Å². The standard InChI is InChI=1S/C18H20ClN5O2S2/c1-23-10-17(21-12-23)28(25,26)24-8-15(13-5-3-2-4-6-13)16(9-24)20-7-14-11-27-18(19)22-14/h2-6,10-12,15-16,20H,7-9H2,1H3. The third-order valence-electron chi connectivity index (χ3n) is 4.87. The minimum absolute atomic E-state index is 0.0359. The molecule has 0 saturated carbocycles. The van der Waals surface area contributed by atoms with Gasteiger partial charge in [-0.2, -0.15) is 4.31 Å². The Labute approximate surface area is 173 Å². The third kappa shape index (κ3) is 3.99. The van der Waals surface area contributed by atoms with Crippen LogP contribution in [0.25, 0.3) is 0 Å². The molecule has 1 N–H and O–H groups in total. The largest absolute Gasteiger partial charge is 0.339 e. The molecule has 7 nitrogen and oxygen atoms in total. The summed E-state index contributed by atoms with van der Waals surface area (Å²) >= 11 is 7.30. The van der Waals surface area contributed by atoms with Gasteiger partial charge in [0, 0.05) is 50.2 Å². The number of imidazole rings is 1. The molecule has 148 valence electrons. The molecule has 2 unspecified atom stereocenters. The van der Waals surface area contributed by atoms with E-state index in [4.69, 9.17) is 11.6 Å². The molecule has 3 aromatic rings. The summed E-state index contributed by atoms with van der Waals surface area (Å²) in [6.07, 6.45) is 3.03. The zero-order valence-corrected chi connectivity index (χ0v) is 17.6. The van der Waals surface area contributed by atoms with Gasteiger partial charge < -0.3 is 9.88 Å². The fraction of sp³-hybridized carbons (Fsp3) is 0.333. The molecule has 28 heavy (non-hydrogen) atoms. The first-order valence-corrected chi connectivity index (χ1v) is 11.5. The van der Waals surface area contributed by atoms with Gasteiger partial charge in [-0.05, 0) is 5.56 Å². The van der Waals surface area contributed by atoms with Gasteiger partial charge in [0.1, 0.15) is 0 Å². The van der Waals surface area contributed by atoms with Crippen LogP contribution >= 0.6 is 22.9 Å². The number of aryl methyl sites for hydroxylation is 1. The first-order valence-electron chi connectivity index (χ1n) is 8.80. The molecule has 1 aromatic carbocycles. The fourth-order valence-electron chi connectivity index (χ4n) is 3.46. The Morgan fingerprint density at radius 1 is 1.29 bits per heavy atom. The Balaban J connectivity index is 1.57. The zero-order chi connectivity index (χ0) is 19.7. The van der Waals surface area contributed by atoms with Gasteiger partial charge in [0.05, 0.1) is 12.0 Å². The van der Waals surface area contributed by atoms with Crippen LogP contribution in [0.2, 0.25) is 4.47 Å². The van der Waals surface area contributed by atoms with Gasteiger partial charge in [-0.25, -0.2) is 18.4 Å². The minimum atomic E-state index is -3.64. The molecule has 2 atom stereocenters. The van der Waals surface area contributed by atoms with Crippen molar-refractivity contribution in [2.45, 2.75) is 23.5 Å². The van der Waals surface area contributed by atoms with Crippen molar-refractivity contribution in [1.29, 1.82) is 0 Å². The van der Waals surface area contributed by atoms with Gasteiger partial charge >= 0.3 is 0 Å². The maximum Gasteiger partial charge on any atom is 0.262 e. The molecular weight excluding hydrogens is 418 g/mol. The van der Waals surface area contributed by atoms with Crippen molar-refractivity contribution in [1.82, 2.24) is 24.2 Å². The van der Waals surface area contributed by atoms with Crippen LogP contribution in [0.5, 0.6) is 0 Å². The first-order chi connectivity index (χ1) is 13.4. The SMILES string of the molecule is Cn1cnc(S(=O)(=O)N2CC(NCc3csc(Cl)n3)C(c3ccccc3)C2)c1. The third-order valence-corrected chi connectivity index (χ3v) is 7.61. The van der Waals surface area contributed by atoms with Crippen LogP contribution in [0.15, 0.2) is 53.3 Å². The number of halogens is 1. The molecule has 0 spiro atoms. The van der Waals surface area contributed by atoms with Gasteiger partial charge in [0.15, 0.2) is 9.49 Å². The predicted molar refractivity (Wildman–Crippen MR) is 109 cm³/mol. The molecule has 0 bridgehead atoms. The topological polar surface area (TPSA) is 80.1 Å². The number of nitrogens with zero attached hydrogens (tertiary/aromatic N) is 4. The monoisotopic (exact) mass is 437 g/mol. The number of nitrogens with one attached hydrogen (secondary N) is 1. The summed E-state index contributed by atoms with van der Waals surface area (Å²) in [5, 5.41) is 5.46. The van der Waals surface area contributed by atoms with Crippen LogP contribution in [0, 0.1) is 0 Å². The fourth-order valence-corrected chi connectivity index (χ4v) is 5.70. The zero-order valence-electron chi connectivity index (χ0n) is 15.2. The highest BCUT2D eigenvalue weighted by molar-refractivity contribution is 7.89. The highest BCUT2D eigenvalue weighted by Gasteiger charge is 2.40. The predicted octanol–water partition coefficient (Wildman–Crippen LogP) is 2.48. The molecular formula is C18H20ClN5O2S2. The van der Waals surface area contributed by atoms with Crippen molar-refractivity contribution in [2.75, 3.05) is 13.1 Å². The van der Waals surface area contributed by atoms with Crippen molar-refractivity contribution in [3.63, 3.8) is 0 Å². The van der Waals surface area contributed by atoms with Gasteiger partial charge in [-0.15, -0.1) is 11.3 Å². The number of rotatable bonds is 6. The second-order valence-corrected chi connectivity index (χ2v) is 10.1. The number of hydrogen-bond acceptors (Lipinski definition) is 6. The second kappa shape index (κ2) is 7.92. The molecule has 1 aliphatic heterocycles. The Morgan fingerprint density at radius 2 is 2.07 bits per heavy atom. The smallest absolute Gasteiger partial charge is 0.262 e. The highest BCUT2D eigenvalue weighted by Crippen LogP contribution is 2.31. The molecule has 1 aliphatic rings. The van der Waals surface area contributed by atoms with Crippen molar-refractivity contribution in [3.8, 4) is 0 Å². The van der Waals surface area contributed by atoms with Crippen LogP contribution in [0.1, 0.15) is 17.2 Å². The number of hydrogen-bond donors (Lipinski definition) is 1. The Hall–Kier alpha value is -1.78. The molecule has 10 heteroatoms. The lowest BCUT2D eigenvalue weighted by atomic mass is 9.94. The highest BCUT2D eigenvalue weighted by atomic mass is 35.5. The molecule has 0 amide bonds. The molecule has 0 aliphatic carbocycles. The van der Waals surface area contributed by atoms with E-state index in [1.807, 2.05) is 35.7 Å². The summed E-state index contributed by atoms with van der Waals surface area (Å²) in [6, 6.07) is 9.94. The molecule has 1 saturated heterocycles. The first kappa shape index (κ1) is 19.5. The summed E-state index contributed by atoms with van der Waals surface area (Å²) in [7, 11) is -1.89. The van der Waals surface area contributed by atoms with E-state index < -0.39 is 10.0 Å². The normalized spacial score (nSPS) is 20.6. The number of sulfonamides is 1. The lowest BCUT2D eigenvalue weighted by molar-refractivity contribution is 0.453. The van der Waals surface area contributed by atoms with Crippen LogP contribution < -0.4 is 5.32 Å². The molecule has 1 fully saturated rings. The molecule has 0 radical (unpaired) electrons. The summed E-state index contributed by atoms with van der Waals surface area (Å²) in [6.45, 7) is 1.31. The van der Waals surface area contributed by atoms with E-state index in [2.05, 4.69) is 15.3 Å². The van der Waals surface area contributed by atoms with Gasteiger partial charge in [-0.1, -0.05) is 41.9 Å². The average Bonchev–Trinajstić information content (AvgIpc) is 3.40. The van der Waals surface area contributed by atoms with E-state index in [9.17, 15) is 8.42 Å². The van der Waals surface area contributed by atoms with Crippen molar-refractivity contribution >= 4 is 33.0 Å². The van der Waals surface area contributed by atoms with Crippen LogP contribution in [0.4, 0.5) is 0 Å². The summed E-state index contributed by atoms with van der Waals surface area (Å²) in [5.74, 6) is 0.0359. The van der Waals surface area contributed by atoms with E-state index in [0.29, 0.717) is 24.1 Å². The summed E-state index contributed by atoms with van der Waals surface area (Å²) in [4.78, 5) is 8.31. The van der Waals surface area contributed by atoms with Crippen LogP contribution in [0.3, 0.4) is 0 Å². The Bertz CT molecular complexity index is 1050. The lowest BCUT2D eigenvalue weighted by Gasteiger charge is -2.19. The van der Waals surface area contributed by atoms with Gasteiger partial charge in [-0.3, -0.25) is 0 Å². The quantitative estimate of drug-likeness (QED) is 0.640. The van der Waals surface area contributed by atoms with Gasteiger partial charge in [0.25, 0.3) is 10.0 Å². The number of aromatic nitrogens is 3. The second-order valence-electron chi connectivity index (χ2n) is 6.80. The van der Waals surface area contributed by atoms with E-state index in [1.165, 1.54) is 28.2 Å². The molecule has 4 rings (SSSR count). The average molecular weight is 438 g/mol. The van der Waals surface area contributed by atoms with E-state index in [0.717, 1.165) is 11.3 Å². The Kier molecular flexibility index (Phi) is 5.52. The number of thiazole rings is 1. The number of benzene rings is 1. The minimum Gasteiger partial charge on any atom is -0.339 e. The van der Waals surface area contributed by atoms with E-state index in [-0.39, 0.29) is 17.0 Å². The summed E-state index contributed by atoms with van der Waals surface area (Å²) < 4.78 is 29.7. The maximum absolute atomic E-state index is 13.0. The van der Waals surface area contributed by atoms with Crippen LogP contribution in [-0.2, 0) is 23.6 Å². The van der Waals surface area contributed by atoms with Crippen LogP contribution in [-0.4, -0.2) is 46.4 Å². The van der Waals surface area contributed by atoms with Crippen molar-refractivity contribution < 1.29 is 8.42 Å². The van der Waals surface area contributed by atoms with Crippen molar-refractivity contribution in [2.24, 2.45) is 7.05 Å². The maximum atomic E-state index is 13.0. The lowest BCUT2D eigenvalue weighted by Crippen LogP contribution is -2.36. The van der Waals surface area contributed by atoms with Gasteiger partial charge in [0.2, 0.25) is 0 Å². The van der Waals surface area contributed by atoms with E-state index >= 15 is 0 Å². The molecule has 3 heterocycles.